The fourth-order valence-electron chi connectivity index (χ4n) is 4.38. The van der Waals surface area contributed by atoms with E-state index in [1.165, 1.54) is 0 Å². The van der Waals surface area contributed by atoms with Crippen LogP contribution in [-0.2, 0) is 13.1 Å². The number of aromatic nitrogens is 4. The molecule has 0 unspecified atom stereocenters. The molecule has 0 aliphatic carbocycles. The summed E-state index contributed by atoms with van der Waals surface area (Å²) < 4.78 is 6.61. The third-order valence-corrected chi connectivity index (χ3v) is 10.7. The lowest BCUT2D eigenvalue weighted by Crippen LogP contribution is -2.44. The van der Waals surface area contributed by atoms with Gasteiger partial charge < -0.3 is 19.4 Å². The molecule has 5 rings (SSSR count). The minimum absolute atomic E-state index is 0.00737. The van der Waals surface area contributed by atoms with E-state index < -0.39 is 4.92 Å². The molecule has 0 atom stereocenters. The van der Waals surface area contributed by atoms with E-state index in [1.54, 1.807) is 0 Å². The Labute approximate surface area is 264 Å². The Bertz CT molecular complexity index is 1600. The van der Waals surface area contributed by atoms with Gasteiger partial charge in [0.1, 0.15) is 8.95 Å². The van der Waals surface area contributed by atoms with E-state index in [-0.39, 0.29) is 16.3 Å². The van der Waals surface area contributed by atoms with Crippen LogP contribution < -0.4 is 10.2 Å². The van der Waals surface area contributed by atoms with E-state index in [9.17, 15) is 20.2 Å². The van der Waals surface area contributed by atoms with Gasteiger partial charge in [0.25, 0.3) is 0 Å². The number of rotatable bonds is 5. The maximum absolute atomic E-state index is 11.5. The highest BCUT2D eigenvalue weighted by Crippen LogP contribution is 2.41. The number of imidazole rings is 2. The largest absolute Gasteiger partial charge is 0.340 e. The molecule has 0 radical (unpaired) electrons. The van der Waals surface area contributed by atoms with E-state index in [2.05, 4.69) is 99.8 Å². The predicted octanol–water partition coefficient (Wildman–Crippen LogP) is 7.15. The summed E-state index contributed by atoms with van der Waals surface area (Å²) >= 11 is 16.5. The zero-order valence-electron chi connectivity index (χ0n) is 20.6. The van der Waals surface area contributed by atoms with Crippen molar-refractivity contribution in [2.75, 3.05) is 31.1 Å². The van der Waals surface area contributed by atoms with Gasteiger partial charge in [0.05, 0.1) is 20.9 Å². The van der Waals surface area contributed by atoms with Gasteiger partial charge in [-0.3, -0.25) is 20.2 Å². The molecule has 0 bridgehead atoms. The second-order valence-electron chi connectivity index (χ2n) is 8.31. The molecule has 0 amide bonds. The minimum atomic E-state index is -0.434. The number of halogens is 5. The van der Waals surface area contributed by atoms with Gasteiger partial charge in [-0.1, -0.05) is 0 Å². The molecule has 2 aromatic heterocycles. The van der Waals surface area contributed by atoms with Crippen molar-refractivity contribution in [2.24, 2.45) is 0 Å². The van der Waals surface area contributed by atoms with Crippen LogP contribution in [0.25, 0.3) is 22.1 Å². The molecule has 1 aliphatic heterocycles. The van der Waals surface area contributed by atoms with E-state index in [4.69, 9.17) is 0 Å². The molecule has 12 nitrogen and oxygen atoms in total. The summed E-state index contributed by atoms with van der Waals surface area (Å²) in [5, 5.41) is 25.8. The van der Waals surface area contributed by atoms with Crippen molar-refractivity contribution < 1.29 is 9.85 Å². The van der Waals surface area contributed by atoms with Crippen molar-refractivity contribution in [1.82, 2.24) is 24.4 Å². The number of hydrogen-bond donors (Lipinski definition) is 1. The van der Waals surface area contributed by atoms with Gasteiger partial charge in [-0.05, 0) is 106 Å². The standard InChI is InChI=1S/C13H15Br2N5O2.C9H6Br3N3O2/c1-2-19-9-7-8(14)10(15)12(20(21)22)11(9)17-13(19)18-5-3-16-4-6-18;1-2-14-5-3-4(10)6(11)8(15(16)17)7(5)13-9(14)12/h7,16H,2-6H2,1H3;3H,2H2,1H3. The lowest BCUT2D eigenvalue weighted by molar-refractivity contribution is -0.384. The Kier molecular flexibility index (Phi) is 9.69. The molecule has 1 aliphatic rings. The quantitative estimate of drug-likeness (QED) is 0.165. The van der Waals surface area contributed by atoms with Crippen LogP contribution in [-0.4, -0.2) is 55.1 Å². The number of aryl methyl sites for hydroxylation is 2. The van der Waals surface area contributed by atoms with Crippen LogP contribution in [0.15, 0.2) is 34.8 Å². The van der Waals surface area contributed by atoms with Crippen molar-refractivity contribution in [1.29, 1.82) is 0 Å². The first kappa shape index (κ1) is 30.3. The Hall–Kier alpha value is -1.66. The maximum atomic E-state index is 11.5. The number of hydrogen-bond acceptors (Lipinski definition) is 8. The number of nitro groups is 2. The number of anilines is 1. The molecule has 39 heavy (non-hydrogen) atoms. The van der Waals surface area contributed by atoms with E-state index in [0.29, 0.717) is 46.7 Å². The van der Waals surface area contributed by atoms with Crippen molar-refractivity contribution in [3.05, 3.63) is 55.0 Å². The third kappa shape index (κ3) is 5.75. The summed E-state index contributed by atoms with van der Waals surface area (Å²) in [5.74, 6) is 0.798. The zero-order valence-corrected chi connectivity index (χ0v) is 28.5. The smallest absolute Gasteiger partial charge is 0.312 e. The Morgan fingerprint density at radius 2 is 1.28 bits per heavy atom. The average molecular weight is 861 g/mol. The molecular weight excluding hydrogens is 840 g/mol. The van der Waals surface area contributed by atoms with Gasteiger partial charge in [-0.25, -0.2) is 9.97 Å². The van der Waals surface area contributed by atoms with Crippen molar-refractivity contribution in [2.45, 2.75) is 26.9 Å². The highest BCUT2D eigenvalue weighted by Gasteiger charge is 2.28. The molecule has 2 aromatic carbocycles. The van der Waals surface area contributed by atoms with Crippen molar-refractivity contribution >= 4 is 119 Å². The van der Waals surface area contributed by atoms with Crippen LogP contribution >= 0.6 is 79.6 Å². The monoisotopic (exact) mass is 856 g/mol. The molecule has 0 spiro atoms. The van der Waals surface area contributed by atoms with E-state index >= 15 is 0 Å². The lowest BCUT2D eigenvalue weighted by Gasteiger charge is -2.28. The molecule has 0 saturated carbocycles. The molecule has 1 fully saturated rings. The molecule has 4 aromatic rings. The Balaban J connectivity index is 0.000000187. The lowest BCUT2D eigenvalue weighted by atomic mass is 10.2. The molecule has 208 valence electrons. The first-order valence-electron chi connectivity index (χ1n) is 11.7. The van der Waals surface area contributed by atoms with Gasteiger partial charge in [-0.2, -0.15) is 0 Å². The fourth-order valence-corrected chi connectivity index (χ4v) is 6.71. The molecule has 17 heteroatoms. The van der Waals surface area contributed by atoms with Gasteiger partial charge in [0, 0.05) is 48.2 Å². The topological polar surface area (TPSA) is 137 Å². The number of piperazine rings is 1. The minimum Gasteiger partial charge on any atom is -0.340 e. The second kappa shape index (κ2) is 12.5. The van der Waals surface area contributed by atoms with Gasteiger partial charge in [0.2, 0.25) is 5.95 Å². The summed E-state index contributed by atoms with van der Waals surface area (Å²) in [5.41, 5.74) is 2.28. The SMILES string of the molecule is CCn1c(Br)nc2c([N+](=O)[O-])c(Br)c(Br)cc21.CCn1c(N2CCNCC2)nc2c([N+](=O)[O-])c(Br)c(Br)cc21. The van der Waals surface area contributed by atoms with Gasteiger partial charge >= 0.3 is 11.4 Å². The highest BCUT2D eigenvalue weighted by atomic mass is 79.9. The molecule has 1 N–H and O–H groups in total. The van der Waals surface area contributed by atoms with Gasteiger partial charge in [-0.15, -0.1) is 0 Å². The number of nitrogens with zero attached hydrogens (tertiary/aromatic N) is 7. The Morgan fingerprint density at radius 1 is 0.821 bits per heavy atom. The fraction of sp³-hybridized carbons (Fsp3) is 0.364. The van der Waals surface area contributed by atoms with E-state index in [1.807, 2.05) is 35.1 Å². The zero-order chi connectivity index (χ0) is 28.6. The van der Waals surface area contributed by atoms with E-state index in [0.717, 1.165) is 43.2 Å². The van der Waals surface area contributed by atoms with Crippen molar-refractivity contribution in [3.8, 4) is 0 Å². The maximum Gasteiger partial charge on any atom is 0.312 e. The number of benzene rings is 2. The van der Waals surface area contributed by atoms with Crippen LogP contribution in [0, 0.1) is 20.2 Å². The van der Waals surface area contributed by atoms with Crippen LogP contribution in [0.2, 0.25) is 0 Å². The first-order valence-corrected chi connectivity index (χ1v) is 15.6. The highest BCUT2D eigenvalue weighted by molar-refractivity contribution is 9.13. The summed E-state index contributed by atoms with van der Waals surface area (Å²) in [6.45, 7) is 8.84. The predicted molar refractivity (Wildman–Crippen MR) is 168 cm³/mol. The normalized spacial score (nSPS) is 13.6. The Morgan fingerprint density at radius 3 is 1.74 bits per heavy atom. The van der Waals surface area contributed by atoms with Crippen LogP contribution in [0.5, 0.6) is 0 Å². The number of nitrogens with one attached hydrogen (secondary N) is 1. The van der Waals surface area contributed by atoms with Crippen LogP contribution in [0.1, 0.15) is 13.8 Å². The molecule has 1 saturated heterocycles. The third-order valence-electron chi connectivity index (χ3n) is 6.15. The average Bonchev–Trinajstić information content (AvgIpc) is 3.41. The second-order valence-corrected chi connectivity index (χ2v) is 12.3. The molecular formula is C22H21Br5N8O4. The summed E-state index contributed by atoms with van der Waals surface area (Å²) in [6, 6.07) is 3.70. The molecule has 3 heterocycles. The number of fused-ring (bicyclic) bond motifs is 2. The van der Waals surface area contributed by atoms with Crippen molar-refractivity contribution in [3.63, 3.8) is 0 Å². The summed E-state index contributed by atoms with van der Waals surface area (Å²) in [6.07, 6.45) is 0. The van der Waals surface area contributed by atoms with Crippen LogP contribution in [0.4, 0.5) is 17.3 Å². The summed E-state index contributed by atoms with van der Waals surface area (Å²) in [7, 11) is 0. The first-order chi connectivity index (χ1) is 18.5. The van der Waals surface area contributed by atoms with Gasteiger partial charge in [0.15, 0.2) is 15.8 Å². The summed E-state index contributed by atoms with van der Waals surface area (Å²) in [4.78, 5) is 32.7. The number of nitro benzene ring substituents is 2. The van der Waals surface area contributed by atoms with Crippen LogP contribution in [0.3, 0.4) is 0 Å².